The highest BCUT2D eigenvalue weighted by atomic mass is 32.1. The Kier molecular flexibility index (Phi) is 2.47. The van der Waals surface area contributed by atoms with E-state index >= 15 is 0 Å². The van der Waals surface area contributed by atoms with Crippen LogP contribution in [0.2, 0.25) is 0 Å². The number of halogens is 2. The molecular formula is C9H7F2N3OS. The summed E-state index contributed by atoms with van der Waals surface area (Å²) in [6.45, 7) is -0.221. The molecule has 1 heterocycles. The van der Waals surface area contributed by atoms with Crippen LogP contribution >= 0.6 is 12.2 Å². The quantitative estimate of drug-likeness (QED) is 0.784. The van der Waals surface area contributed by atoms with Gasteiger partial charge in [-0.2, -0.15) is 0 Å². The molecule has 2 rings (SSSR count). The minimum absolute atomic E-state index is 0.0626. The average Bonchev–Trinajstić information content (AvgIpc) is 2.45. The molecular weight excluding hydrogens is 236 g/mol. The fourth-order valence-corrected chi connectivity index (χ4v) is 1.76. The molecule has 0 radical (unpaired) electrons. The Hall–Kier alpha value is -1.76. The normalized spacial score (nSPS) is 10.9. The van der Waals surface area contributed by atoms with Crippen molar-refractivity contribution in [2.45, 2.75) is 6.54 Å². The van der Waals surface area contributed by atoms with Gasteiger partial charge in [-0.1, -0.05) is 0 Å². The number of carbonyl (C=O) groups is 1. The number of primary amides is 1. The number of H-pyrrole nitrogens is 1. The molecule has 0 fully saturated rings. The molecule has 3 N–H and O–H groups in total. The number of rotatable bonds is 2. The Labute approximate surface area is 93.7 Å². The molecule has 0 aliphatic heterocycles. The maximum Gasteiger partial charge on any atom is 0.237 e. The third-order valence-electron chi connectivity index (χ3n) is 2.12. The summed E-state index contributed by atoms with van der Waals surface area (Å²) in [6, 6.07) is 1.83. The van der Waals surface area contributed by atoms with Crippen LogP contribution < -0.4 is 5.73 Å². The molecule has 16 heavy (non-hydrogen) atoms. The van der Waals surface area contributed by atoms with Gasteiger partial charge in [-0.05, 0) is 18.3 Å². The highest BCUT2D eigenvalue weighted by Crippen LogP contribution is 2.19. The van der Waals surface area contributed by atoms with Crippen molar-refractivity contribution in [2.24, 2.45) is 5.73 Å². The number of nitrogens with zero attached hydrogens (tertiary/aromatic N) is 1. The summed E-state index contributed by atoms with van der Waals surface area (Å²) < 4.78 is 27.7. The lowest BCUT2D eigenvalue weighted by Crippen LogP contribution is -2.18. The maximum atomic E-state index is 13.3. The minimum Gasteiger partial charge on any atom is -0.368 e. The average molecular weight is 243 g/mol. The molecule has 0 unspecified atom stereocenters. The minimum atomic E-state index is -0.760. The molecule has 0 aliphatic rings. The highest BCUT2D eigenvalue weighted by Gasteiger charge is 2.11. The number of imidazole rings is 1. The van der Waals surface area contributed by atoms with E-state index in [1.54, 1.807) is 0 Å². The van der Waals surface area contributed by atoms with Crippen molar-refractivity contribution in [1.29, 1.82) is 0 Å². The van der Waals surface area contributed by atoms with E-state index in [0.717, 1.165) is 12.1 Å². The molecule has 4 nitrogen and oxygen atoms in total. The second kappa shape index (κ2) is 3.67. The van der Waals surface area contributed by atoms with Crippen molar-refractivity contribution in [1.82, 2.24) is 9.55 Å². The Morgan fingerprint density at radius 2 is 2.19 bits per heavy atom. The van der Waals surface area contributed by atoms with Crippen molar-refractivity contribution in [2.75, 3.05) is 0 Å². The Balaban J connectivity index is 2.78. The number of hydrogen-bond donors (Lipinski definition) is 2. The van der Waals surface area contributed by atoms with E-state index in [0.29, 0.717) is 0 Å². The standard InChI is InChI=1S/C9H7F2N3OS/c10-4-1-5(11)8-6(2-4)14(3-7(12)15)9(16)13-8/h1-2H,3H2,(H2,12,15)(H,13,16). The fourth-order valence-electron chi connectivity index (χ4n) is 1.49. The van der Waals surface area contributed by atoms with Gasteiger partial charge in [-0.25, -0.2) is 8.78 Å². The number of aromatic amines is 1. The van der Waals surface area contributed by atoms with Crippen molar-refractivity contribution in [3.63, 3.8) is 0 Å². The molecule has 1 aromatic carbocycles. The predicted octanol–water partition coefficient (Wildman–Crippen LogP) is 1.46. The maximum absolute atomic E-state index is 13.3. The van der Waals surface area contributed by atoms with Gasteiger partial charge in [0.05, 0.1) is 5.52 Å². The van der Waals surface area contributed by atoms with Gasteiger partial charge in [0.2, 0.25) is 5.91 Å². The van der Waals surface area contributed by atoms with Gasteiger partial charge in [0.15, 0.2) is 10.6 Å². The summed E-state index contributed by atoms with van der Waals surface area (Å²) in [5, 5.41) is 0. The first-order valence-electron chi connectivity index (χ1n) is 4.35. The largest absolute Gasteiger partial charge is 0.368 e. The molecule has 7 heteroatoms. The van der Waals surface area contributed by atoms with Crippen LogP contribution in [0.25, 0.3) is 11.0 Å². The van der Waals surface area contributed by atoms with Gasteiger partial charge >= 0.3 is 0 Å². The van der Waals surface area contributed by atoms with Crippen LogP contribution in [0.3, 0.4) is 0 Å². The van der Waals surface area contributed by atoms with Gasteiger partial charge < -0.3 is 15.3 Å². The Bertz CT molecular complexity index is 631. The number of benzene rings is 1. The SMILES string of the molecule is NC(=O)Cn1c(=S)[nH]c2c(F)cc(F)cc21. The first-order valence-corrected chi connectivity index (χ1v) is 4.75. The predicted molar refractivity (Wildman–Crippen MR) is 56.2 cm³/mol. The molecule has 2 aromatic rings. The topological polar surface area (TPSA) is 63.8 Å². The summed E-state index contributed by atoms with van der Waals surface area (Å²) in [6.07, 6.45) is 0. The van der Waals surface area contributed by atoms with Gasteiger partial charge in [0, 0.05) is 6.07 Å². The lowest BCUT2D eigenvalue weighted by Gasteiger charge is -2.00. The second-order valence-electron chi connectivity index (χ2n) is 3.26. The van der Waals surface area contributed by atoms with Crippen LogP contribution in [0, 0.1) is 16.4 Å². The van der Waals surface area contributed by atoms with E-state index < -0.39 is 17.5 Å². The molecule has 0 aliphatic carbocycles. The van der Waals surface area contributed by atoms with Gasteiger partial charge in [-0.3, -0.25) is 4.79 Å². The highest BCUT2D eigenvalue weighted by molar-refractivity contribution is 7.71. The van der Waals surface area contributed by atoms with E-state index in [9.17, 15) is 13.6 Å². The van der Waals surface area contributed by atoms with Crippen molar-refractivity contribution in [3.05, 3.63) is 28.5 Å². The van der Waals surface area contributed by atoms with Crippen molar-refractivity contribution in [3.8, 4) is 0 Å². The van der Waals surface area contributed by atoms with Crippen LogP contribution in [-0.4, -0.2) is 15.5 Å². The van der Waals surface area contributed by atoms with Crippen LogP contribution in [-0.2, 0) is 11.3 Å². The van der Waals surface area contributed by atoms with Crippen LogP contribution in [0.5, 0.6) is 0 Å². The van der Waals surface area contributed by atoms with Gasteiger partial charge in [0.1, 0.15) is 17.9 Å². The molecule has 1 amide bonds. The molecule has 0 spiro atoms. The van der Waals surface area contributed by atoms with Gasteiger partial charge in [-0.15, -0.1) is 0 Å². The molecule has 0 saturated carbocycles. The van der Waals surface area contributed by atoms with Crippen LogP contribution in [0.4, 0.5) is 8.78 Å². The lowest BCUT2D eigenvalue weighted by atomic mass is 10.3. The van der Waals surface area contributed by atoms with E-state index in [4.69, 9.17) is 18.0 Å². The summed E-state index contributed by atoms with van der Waals surface area (Å²) in [4.78, 5) is 13.3. The summed E-state index contributed by atoms with van der Waals surface area (Å²) in [7, 11) is 0. The molecule has 0 bridgehead atoms. The number of nitrogens with one attached hydrogen (secondary N) is 1. The third-order valence-corrected chi connectivity index (χ3v) is 2.44. The van der Waals surface area contributed by atoms with E-state index in [2.05, 4.69) is 4.98 Å². The first-order chi connectivity index (χ1) is 7.49. The van der Waals surface area contributed by atoms with Crippen molar-refractivity contribution < 1.29 is 13.6 Å². The lowest BCUT2D eigenvalue weighted by molar-refractivity contribution is -0.118. The number of amides is 1. The zero-order valence-electron chi connectivity index (χ0n) is 7.96. The number of aromatic nitrogens is 2. The fraction of sp³-hybridized carbons (Fsp3) is 0.111. The zero-order valence-corrected chi connectivity index (χ0v) is 8.78. The number of carbonyl (C=O) groups excluding carboxylic acids is 1. The van der Waals surface area contributed by atoms with E-state index in [-0.39, 0.29) is 22.3 Å². The van der Waals surface area contributed by atoms with Gasteiger partial charge in [0.25, 0.3) is 0 Å². The molecule has 1 aromatic heterocycles. The molecule has 0 saturated heterocycles. The Morgan fingerprint density at radius 1 is 1.50 bits per heavy atom. The number of hydrogen-bond acceptors (Lipinski definition) is 2. The molecule has 84 valence electrons. The first kappa shape index (κ1) is 10.7. The van der Waals surface area contributed by atoms with E-state index in [1.165, 1.54) is 4.57 Å². The summed E-state index contributed by atoms with van der Waals surface area (Å²) in [5.74, 6) is -2.14. The van der Waals surface area contributed by atoms with Crippen LogP contribution in [0.15, 0.2) is 12.1 Å². The third kappa shape index (κ3) is 1.69. The summed E-state index contributed by atoms with van der Waals surface area (Å²) >= 11 is 4.88. The van der Waals surface area contributed by atoms with E-state index in [1.807, 2.05) is 0 Å². The number of fused-ring (bicyclic) bond motifs is 1. The summed E-state index contributed by atoms with van der Waals surface area (Å²) in [5.41, 5.74) is 5.26. The zero-order chi connectivity index (χ0) is 11.9. The Morgan fingerprint density at radius 3 is 2.81 bits per heavy atom. The number of nitrogens with two attached hydrogens (primary N) is 1. The van der Waals surface area contributed by atoms with Crippen LogP contribution in [0.1, 0.15) is 0 Å². The smallest absolute Gasteiger partial charge is 0.237 e. The monoisotopic (exact) mass is 243 g/mol. The molecule has 0 atom stereocenters. The van der Waals surface area contributed by atoms with Crippen molar-refractivity contribution >= 4 is 29.2 Å². The second-order valence-corrected chi connectivity index (χ2v) is 3.65.